The number of nitrogens with zero attached hydrogens (tertiary/aromatic N) is 2. The van der Waals surface area contributed by atoms with Crippen molar-refractivity contribution in [3.63, 3.8) is 0 Å². The highest BCUT2D eigenvalue weighted by Crippen LogP contribution is 2.54. The molecule has 0 spiro atoms. The fourth-order valence-electron chi connectivity index (χ4n) is 5.32. The van der Waals surface area contributed by atoms with E-state index in [1.807, 2.05) is 18.2 Å². The number of hydrogen-bond donors (Lipinski definition) is 1. The molecule has 3 amide bonds. The first-order valence-electron chi connectivity index (χ1n) is 12.6. The zero-order valence-electron chi connectivity index (χ0n) is 21.3. The van der Waals surface area contributed by atoms with E-state index in [9.17, 15) is 32.3 Å². The van der Waals surface area contributed by atoms with Crippen LogP contribution in [0.3, 0.4) is 0 Å². The number of thioether (sulfide) groups is 1. The number of alkyl halides is 3. The predicted octanol–water partition coefficient (Wildman–Crippen LogP) is 6.13. The lowest BCUT2D eigenvalue weighted by Gasteiger charge is -2.30. The van der Waals surface area contributed by atoms with Crippen molar-refractivity contribution >= 4 is 68.1 Å². The molecular formula is C29H19BrF3N3O4S2. The monoisotopic (exact) mass is 673 g/mol. The highest BCUT2D eigenvalue weighted by atomic mass is 79.9. The van der Waals surface area contributed by atoms with Crippen LogP contribution >= 0.6 is 39.0 Å². The molecule has 3 aromatic carbocycles. The molecular weight excluding hydrogens is 655 g/mol. The number of nitrogens with one attached hydrogen (secondary N) is 1. The minimum Gasteiger partial charge on any atom is -0.324 e. The maximum Gasteiger partial charge on any atom is 0.418 e. The summed E-state index contributed by atoms with van der Waals surface area (Å²) in [6.45, 7) is -0.572. The standard InChI is InChI=1S/C29H19BrF3N3O4S2/c30-16-8-6-7-15(13-16)21-22-23(26(39)36(25(22)38)17-9-2-1-3-10-17)41-27-24(21)42-28(40)35(27)14-20(37)34-19-12-5-4-11-18(19)29(31,32)33/h1-13,21-23H,14H2,(H,34,37). The Balaban J connectivity index is 1.40. The minimum absolute atomic E-state index is 0.339. The summed E-state index contributed by atoms with van der Waals surface area (Å²) in [4.78, 5) is 55.0. The van der Waals surface area contributed by atoms with E-state index in [1.165, 1.54) is 16.7 Å². The normalized spacial score (nSPS) is 19.9. The van der Waals surface area contributed by atoms with Crippen molar-refractivity contribution in [2.24, 2.45) is 5.92 Å². The zero-order valence-corrected chi connectivity index (χ0v) is 24.5. The molecule has 3 atom stereocenters. The first-order valence-corrected chi connectivity index (χ1v) is 15.1. The number of benzene rings is 3. The van der Waals surface area contributed by atoms with Crippen LogP contribution in [-0.4, -0.2) is 27.5 Å². The molecule has 0 saturated carbocycles. The third-order valence-electron chi connectivity index (χ3n) is 7.08. The van der Waals surface area contributed by atoms with Gasteiger partial charge in [-0.25, -0.2) is 4.90 Å². The molecule has 6 rings (SSSR count). The lowest BCUT2D eigenvalue weighted by molar-refractivity contribution is -0.137. The summed E-state index contributed by atoms with van der Waals surface area (Å²) in [7, 11) is 0. The second-order valence-corrected chi connectivity index (χ2v) is 12.7. The number of thiazole rings is 1. The Morgan fingerprint density at radius 3 is 2.36 bits per heavy atom. The third kappa shape index (κ3) is 4.99. The Kier molecular flexibility index (Phi) is 7.36. The number of amides is 3. The molecule has 0 radical (unpaired) electrons. The Hall–Kier alpha value is -3.68. The average molecular weight is 675 g/mol. The van der Waals surface area contributed by atoms with E-state index in [1.54, 1.807) is 36.4 Å². The summed E-state index contributed by atoms with van der Waals surface area (Å²) >= 11 is 5.35. The quantitative estimate of drug-likeness (QED) is 0.258. The average Bonchev–Trinajstić information content (AvgIpc) is 3.39. The summed E-state index contributed by atoms with van der Waals surface area (Å²) in [5, 5.41) is 1.73. The Morgan fingerprint density at radius 2 is 1.64 bits per heavy atom. The lowest BCUT2D eigenvalue weighted by atomic mass is 9.83. The van der Waals surface area contributed by atoms with Crippen LogP contribution in [0, 0.1) is 5.92 Å². The second kappa shape index (κ2) is 10.9. The SMILES string of the molecule is O=C(Cn1c2c(sc1=O)C(c1cccc(Br)c1)C1C(=O)N(c3ccccc3)C(=O)C1S2)Nc1ccccc1C(F)(F)F. The number of hydrogen-bond acceptors (Lipinski definition) is 6. The molecule has 0 aliphatic carbocycles. The van der Waals surface area contributed by atoms with Gasteiger partial charge in [0.1, 0.15) is 11.8 Å². The molecule has 214 valence electrons. The number of halogens is 4. The highest BCUT2D eigenvalue weighted by molar-refractivity contribution is 9.10. The van der Waals surface area contributed by atoms with E-state index in [0.717, 1.165) is 44.6 Å². The molecule has 4 aromatic rings. The number of carbonyl (C=O) groups is 3. The van der Waals surface area contributed by atoms with Crippen LogP contribution in [0.4, 0.5) is 24.5 Å². The van der Waals surface area contributed by atoms with Gasteiger partial charge in [0, 0.05) is 15.3 Å². The van der Waals surface area contributed by atoms with Crippen LogP contribution in [0.15, 0.2) is 93.2 Å². The van der Waals surface area contributed by atoms with Crippen LogP contribution in [0.1, 0.15) is 21.9 Å². The molecule has 0 bridgehead atoms. The first kappa shape index (κ1) is 28.4. The number of anilines is 2. The van der Waals surface area contributed by atoms with Gasteiger partial charge in [0.05, 0.1) is 27.9 Å². The van der Waals surface area contributed by atoms with Crippen molar-refractivity contribution in [3.05, 3.63) is 109 Å². The summed E-state index contributed by atoms with van der Waals surface area (Å²) in [6.07, 6.45) is -4.69. The summed E-state index contributed by atoms with van der Waals surface area (Å²) in [6, 6.07) is 20.4. The van der Waals surface area contributed by atoms with Crippen LogP contribution in [-0.2, 0) is 27.1 Å². The lowest BCUT2D eigenvalue weighted by Crippen LogP contribution is -2.33. The summed E-state index contributed by atoms with van der Waals surface area (Å²) < 4.78 is 42.3. The molecule has 7 nitrogen and oxygen atoms in total. The van der Waals surface area contributed by atoms with Crippen LogP contribution in [0.25, 0.3) is 0 Å². The number of fused-ring (bicyclic) bond motifs is 2. The van der Waals surface area contributed by atoms with Gasteiger partial charge < -0.3 is 5.32 Å². The molecule has 2 aliphatic rings. The van der Waals surface area contributed by atoms with Crippen molar-refractivity contribution < 1.29 is 27.6 Å². The van der Waals surface area contributed by atoms with E-state index in [2.05, 4.69) is 21.2 Å². The summed E-state index contributed by atoms with van der Waals surface area (Å²) in [5.41, 5.74) is -0.309. The van der Waals surface area contributed by atoms with Crippen molar-refractivity contribution in [1.82, 2.24) is 4.57 Å². The minimum atomic E-state index is -4.69. The number of rotatable bonds is 5. The number of carbonyl (C=O) groups excluding carboxylic acids is 3. The Bertz CT molecular complexity index is 1790. The van der Waals surface area contributed by atoms with Crippen molar-refractivity contribution in [2.45, 2.75) is 28.9 Å². The number of para-hydroxylation sites is 2. The van der Waals surface area contributed by atoms with Gasteiger partial charge in [-0.3, -0.25) is 23.7 Å². The predicted molar refractivity (Wildman–Crippen MR) is 157 cm³/mol. The van der Waals surface area contributed by atoms with Gasteiger partial charge in [-0.1, -0.05) is 81.5 Å². The molecule has 42 heavy (non-hydrogen) atoms. The molecule has 1 saturated heterocycles. The van der Waals surface area contributed by atoms with E-state index >= 15 is 0 Å². The van der Waals surface area contributed by atoms with Gasteiger partial charge in [0.15, 0.2) is 0 Å². The zero-order chi connectivity index (χ0) is 29.8. The van der Waals surface area contributed by atoms with E-state index in [-0.39, 0.29) is 0 Å². The molecule has 3 heterocycles. The van der Waals surface area contributed by atoms with E-state index in [0.29, 0.717) is 21.2 Å². The van der Waals surface area contributed by atoms with Gasteiger partial charge >= 0.3 is 11.0 Å². The third-order valence-corrected chi connectivity index (χ3v) is 10.2. The highest BCUT2D eigenvalue weighted by Gasteiger charge is 2.56. The van der Waals surface area contributed by atoms with Crippen molar-refractivity contribution in [2.75, 3.05) is 10.2 Å². The van der Waals surface area contributed by atoms with Crippen LogP contribution in [0.2, 0.25) is 0 Å². The topological polar surface area (TPSA) is 88.5 Å². The smallest absolute Gasteiger partial charge is 0.324 e. The maximum atomic E-state index is 13.9. The van der Waals surface area contributed by atoms with Crippen molar-refractivity contribution in [1.29, 1.82) is 0 Å². The number of aromatic nitrogens is 1. The van der Waals surface area contributed by atoms with E-state index < -0.39 is 63.7 Å². The summed E-state index contributed by atoms with van der Waals surface area (Å²) in [5.74, 6) is -3.16. The second-order valence-electron chi connectivity index (χ2n) is 9.66. The van der Waals surface area contributed by atoms with Crippen LogP contribution < -0.4 is 15.1 Å². The Morgan fingerprint density at radius 1 is 0.929 bits per heavy atom. The van der Waals surface area contributed by atoms with Gasteiger partial charge in [-0.2, -0.15) is 13.2 Å². The molecule has 1 fully saturated rings. The maximum absolute atomic E-state index is 13.9. The van der Waals surface area contributed by atoms with Gasteiger partial charge in [0.2, 0.25) is 17.7 Å². The van der Waals surface area contributed by atoms with Gasteiger partial charge in [-0.15, -0.1) is 0 Å². The van der Waals surface area contributed by atoms with E-state index in [4.69, 9.17) is 0 Å². The molecule has 3 unspecified atom stereocenters. The molecule has 1 aromatic heterocycles. The van der Waals surface area contributed by atoms with Gasteiger partial charge in [-0.05, 0) is 42.0 Å². The molecule has 1 N–H and O–H groups in total. The largest absolute Gasteiger partial charge is 0.418 e. The molecule has 13 heteroatoms. The Labute approximate surface area is 253 Å². The van der Waals surface area contributed by atoms with Gasteiger partial charge in [0.25, 0.3) is 0 Å². The fourth-order valence-corrected chi connectivity index (χ4v) is 8.51. The fraction of sp³-hybridized carbons (Fsp3) is 0.172. The van der Waals surface area contributed by atoms with Crippen molar-refractivity contribution in [3.8, 4) is 0 Å². The first-order chi connectivity index (χ1) is 20.0. The van der Waals surface area contributed by atoms with Crippen LogP contribution in [0.5, 0.6) is 0 Å². The molecule has 2 aliphatic heterocycles. The number of imide groups is 1.